The number of hydrogen-bond donors (Lipinski definition) is 2. The third-order valence-corrected chi connectivity index (χ3v) is 3.10. The maximum absolute atomic E-state index is 13.8. The molecule has 0 atom stereocenters. The summed E-state index contributed by atoms with van der Waals surface area (Å²) in [5.41, 5.74) is 0.0372. The van der Waals surface area contributed by atoms with Crippen LogP contribution in [0.2, 0.25) is 0 Å². The van der Waals surface area contributed by atoms with Gasteiger partial charge in [-0.05, 0) is 11.6 Å². The maximum atomic E-state index is 13.8. The van der Waals surface area contributed by atoms with Gasteiger partial charge in [0.05, 0.1) is 6.20 Å². The molecule has 2 rings (SSSR count). The standard InChI is InChI=1S/C15H17FN4O/c1-15(2,11-5-3-4-6-12(11)16)10-19-14(21)20-13-9-17-7-8-18-13/h3-9H,10H2,1-2H3,(H2,18,19,20,21). The van der Waals surface area contributed by atoms with Crippen LogP contribution in [0.5, 0.6) is 0 Å². The van der Waals surface area contributed by atoms with E-state index in [9.17, 15) is 9.18 Å². The minimum Gasteiger partial charge on any atom is -0.337 e. The predicted octanol–water partition coefficient (Wildman–Crippen LogP) is 2.72. The topological polar surface area (TPSA) is 66.9 Å². The number of nitrogens with zero attached hydrogens (tertiary/aromatic N) is 2. The van der Waals surface area contributed by atoms with Gasteiger partial charge in [-0.25, -0.2) is 14.2 Å². The Labute approximate surface area is 122 Å². The van der Waals surface area contributed by atoms with Crippen molar-refractivity contribution in [2.45, 2.75) is 19.3 Å². The first kappa shape index (κ1) is 14.9. The molecule has 2 N–H and O–H groups in total. The first-order chi connectivity index (χ1) is 9.99. The van der Waals surface area contributed by atoms with E-state index in [1.807, 2.05) is 13.8 Å². The highest BCUT2D eigenvalue weighted by molar-refractivity contribution is 5.88. The van der Waals surface area contributed by atoms with Crippen LogP contribution in [0.15, 0.2) is 42.9 Å². The number of amides is 2. The normalized spacial score (nSPS) is 11.0. The lowest BCUT2D eigenvalue weighted by molar-refractivity contribution is 0.249. The first-order valence-electron chi connectivity index (χ1n) is 6.55. The van der Waals surface area contributed by atoms with Crippen LogP contribution in [-0.2, 0) is 5.41 Å². The molecule has 0 unspecified atom stereocenters. The number of carbonyl (C=O) groups excluding carboxylic acids is 1. The van der Waals surface area contributed by atoms with Gasteiger partial charge in [-0.1, -0.05) is 32.0 Å². The molecule has 5 nitrogen and oxygen atoms in total. The highest BCUT2D eigenvalue weighted by Crippen LogP contribution is 2.24. The summed E-state index contributed by atoms with van der Waals surface area (Å²) in [4.78, 5) is 19.6. The fourth-order valence-corrected chi connectivity index (χ4v) is 1.93. The number of benzene rings is 1. The molecule has 0 aliphatic rings. The number of rotatable bonds is 4. The van der Waals surface area contributed by atoms with Gasteiger partial charge >= 0.3 is 6.03 Å². The Morgan fingerprint density at radius 2 is 2.05 bits per heavy atom. The molecule has 0 bridgehead atoms. The fourth-order valence-electron chi connectivity index (χ4n) is 1.93. The molecule has 0 aliphatic heterocycles. The fraction of sp³-hybridized carbons (Fsp3) is 0.267. The lowest BCUT2D eigenvalue weighted by atomic mass is 9.84. The molecule has 0 aliphatic carbocycles. The van der Waals surface area contributed by atoms with Crippen molar-refractivity contribution in [3.05, 3.63) is 54.2 Å². The maximum Gasteiger partial charge on any atom is 0.320 e. The molecule has 0 radical (unpaired) electrons. The largest absolute Gasteiger partial charge is 0.337 e. The summed E-state index contributed by atoms with van der Waals surface area (Å²) in [6.45, 7) is 4.03. The van der Waals surface area contributed by atoms with E-state index in [1.165, 1.54) is 24.7 Å². The Hall–Kier alpha value is -2.50. The average Bonchev–Trinajstić information content (AvgIpc) is 2.47. The molecule has 0 saturated carbocycles. The highest BCUT2D eigenvalue weighted by Gasteiger charge is 2.24. The molecule has 21 heavy (non-hydrogen) atoms. The SMILES string of the molecule is CC(C)(CNC(=O)Nc1cnccn1)c1ccccc1F. The van der Waals surface area contributed by atoms with Crippen molar-refractivity contribution in [2.24, 2.45) is 0 Å². The van der Waals surface area contributed by atoms with E-state index in [-0.39, 0.29) is 5.82 Å². The van der Waals surface area contributed by atoms with Gasteiger partial charge in [-0.3, -0.25) is 10.3 Å². The van der Waals surface area contributed by atoms with Crippen molar-refractivity contribution in [1.29, 1.82) is 0 Å². The number of carbonyl (C=O) groups is 1. The Balaban J connectivity index is 1.96. The molecule has 2 amide bonds. The van der Waals surface area contributed by atoms with Crippen LogP contribution in [0.4, 0.5) is 15.0 Å². The number of urea groups is 1. The molecule has 0 saturated heterocycles. The second-order valence-corrected chi connectivity index (χ2v) is 5.26. The molecular weight excluding hydrogens is 271 g/mol. The molecule has 0 spiro atoms. The minimum atomic E-state index is -0.523. The van der Waals surface area contributed by atoms with Crippen LogP contribution in [0.25, 0.3) is 0 Å². The van der Waals surface area contributed by atoms with Gasteiger partial charge in [0.25, 0.3) is 0 Å². The minimum absolute atomic E-state index is 0.279. The Morgan fingerprint density at radius 3 is 2.71 bits per heavy atom. The van der Waals surface area contributed by atoms with Gasteiger partial charge in [0.1, 0.15) is 5.82 Å². The molecular formula is C15H17FN4O. The lowest BCUT2D eigenvalue weighted by Crippen LogP contribution is -2.39. The summed E-state index contributed by atoms with van der Waals surface area (Å²) >= 11 is 0. The van der Waals surface area contributed by atoms with Crippen molar-refractivity contribution in [2.75, 3.05) is 11.9 Å². The molecule has 1 aromatic heterocycles. The highest BCUT2D eigenvalue weighted by atomic mass is 19.1. The van der Waals surface area contributed by atoms with E-state index in [2.05, 4.69) is 20.6 Å². The van der Waals surface area contributed by atoms with Gasteiger partial charge < -0.3 is 5.32 Å². The predicted molar refractivity (Wildman–Crippen MR) is 78.5 cm³/mol. The summed E-state index contributed by atoms with van der Waals surface area (Å²) in [6.07, 6.45) is 4.45. The van der Waals surface area contributed by atoms with Crippen LogP contribution >= 0.6 is 0 Å². The van der Waals surface area contributed by atoms with E-state index >= 15 is 0 Å². The first-order valence-corrected chi connectivity index (χ1v) is 6.55. The molecule has 1 aromatic carbocycles. The summed E-state index contributed by atoms with van der Waals surface area (Å²) in [5.74, 6) is 0.0809. The van der Waals surface area contributed by atoms with Gasteiger partial charge in [0, 0.05) is 24.4 Å². The molecule has 1 heterocycles. The summed E-state index contributed by atoms with van der Waals surface area (Å²) < 4.78 is 13.8. The monoisotopic (exact) mass is 288 g/mol. The number of hydrogen-bond acceptors (Lipinski definition) is 3. The van der Waals surface area contributed by atoms with Gasteiger partial charge in [0.15, 0.2) is 5.82 Å². The molecule has 6 heteroatoms. The van der Waals surface area contributed by atoms with E-state index < -0.39 is 11.4 Å². The summed E-state index contributed by atoms with van der Waals surface area (Å²) in [5, 5.41) is 5.28. The van der Waals surface area contributed by atoms with Crippen molar-refractivity contribution in [3.63, 3.8) is 0 Å². The quantitative estimate of drug-likeness (QED) is 0.909. The lowest BCUT2D eigenvalue weighted by Gasteiger charge is -2.26. The van der Waals surface area contributed by atoms with Crippen molar-refractivity contribution in [1.82, 2.24) is 15.3 Å². The van der Waals surface area contributed by atoms with Crippen LogP contribution < -0.4 is 10.6 Å². The Morgan fingerprint density at radius 1 is 1.29 bits per heavy atom. The summed E-state index contributed by atoms with van der Waals surface area (Å²) in [7, 11) is 0. The van der Waals surface area contributed by atoms with Crippen LogP contribution in [-0.4, -0.2) is 22.5 Å². The number of anilines is 1. The zero-order valence-electron chi connectivity index (χ0n) is 11.9. The second-order valence-electron chi connectivity index (χ2n) is 5.26. The van der Waals surface area contributed by atoms with Crippen LogP contribution in [0.1, 0.15) is 19.4 Å². The molecule has 2 aromatic rings. The molecule has 0 fully saturated rings. The van der Waals surface area contributed by atoms with Gasteiger partial charge in [-0.2, -0.15) is 0 Å². The zero-order chi connectivity index (χ0) is 15.3. The smallest absolute Gasteiger partial charge is 0.320 e. The van der Waals surface area contributed by atoms with E-state index in [1.54, 1.807) is 18.2 Å². The summed E-state index contributed by atoms with van der Waals surface area (Å²) in [6, 6.07) is 6.15. The second kappa shape index (κ2) is 6.30. The van der Waals surface area contributed by atoms with E-state index in [0.29, 0.717) is 17.9 Å². The Bertz CT molecular complexity index is 616. The zero-order valence-corrected chi connectivity index (χ0v) is 11.9. The van der Waals surface area contributed by atoms with E-state index in [0.717, 1.165) is 0 Å². The number of nitrogens with one attached hydrogen (secondary N) is 2. The third kappa shape index (κ3) is 3.98. The van der Waals surface area contributed by atoms with Gasteiger partial charge in [-0.15, -0.1) is 0 Å². The number of aromatic nitrogens is 2. The van der Waals surface area contributed by atoms with Crippen molar-refractivity contribution < 1.29 is 9.18 Å². The Kier molecular flexibility index (Phi) is 4.47. The van der Waals surface area contributed by atoms with Crippen molar-refractivity contribution in [3.8, 4) is 0 Å². The molecule has 110 valence electrons. The van der Waals surface area contributed by atoms with Crippen LogP contribution in [0, 0.1) is 5.82 Å². The average molecular weight is 288 g/mol. The van der Waals surface area contributed by atoms with Crippen LogP contribution in [0.3, 0.4) is 0 Å². The van der Waals surface area contributed by atoms with Crippen molar-refractivity contribution >= 4 is 11.8 Å². The third-order valence-electron chi connectivity index (χ3n) is 3.10. The number of halogens is 1. The van der Waals surface area contributed by atoms with E-state index in [4.69, 9.17) is 0 Å². The van der Waals surface area contributed by atoms with Gasteiger partial charge in [0.2, 0.25) is 0 Å².